The summed E-state index contributed by atoms with van der Waals surface area (Å²) in [5, 5.41) is 2.23. The Bertz CT molecular complexity index is 3520. The highest BCUT2D eigenvalue weighted by Gasteiger charge is 2.51. The maximum absolute atomic E-state index is 6.09. The van der Waals surface area contributed by atoms with Crippen LogP contribution in [-0.2, 0) is 5.41 Å². The molecule has 0 atom stereocenters. The molecule has 0 saturated heterocycles. The first-order valence-corrected chi connectivity index (χ1v) is 21.1. The van der Waals surface area contributed by atoms with E-state index >= 15 is 0 Å². The zero-order chi connectivity index (χ0) is 40.8. The molecule has 1 spiro atoms. The lowest BCUT2D eigenvalue weighted by atomic mass is 9.70. The molecule has 4 nitrogen and oxygen atoms in total. The minimum Gasteiger partial charge on any atom is -0.456 e. The molecular formula is C58H35N3O. The zero-order valence-electron chi connectivity index (χ0n) is 33.5. The van der Waals surface area contributed by atoms with Crippen LogP contribution >= 0.6 is 0 Å². The fourth-order valence-electron chi connectivity index (χ4n) is 10.3. The van der Waals surface area contributed by atoms with E-state index in [9.17, 15) is 0 Å². The Kier molecular flexibility index (Phi) is 7.49. The average Bonchev–Trinajstić information content (AvgIpc) is 3.98. The van der Waals surface area contributed by atoms with Gasteiger partial charge in [0.05, 0.1) is 5.41 Å². The van der Waals surface area contributed by atoms with Gasteiger partial charge >= 0.3 is 0 Å². The van der Waals surface area contributed by atoms with Crippen LogP contribution in [0.25, 0.3) is 101 Å². The Morgan fingerprint density at radius 1 is 0.290 bits per heavy atom. The summed E-state index contributed by atoms with van der Waals surface area (Å²) < 4.78 is 6.09. The second kappa shape index (κ2) is 13.4. The molecule has 2 heterocycles. The van der Waals surface area contributed by atoms with Gasteiger partial charge in [-0.25, -0.2) is 15.0 Å². The number of furan rings is 1. The van der Waals surface area contributed by atoms with E-state index in [0.717, 1.165) is 55.3 Å². The Hall–Kier alpha value is -8.21. The molecule has 11 aromatic rings. The maximum atomic E-state index is 6.09. The molecule has 0 unspecified atom stereocenters. The fraction of sp³-hybridized carbons (Fsp3) is 0.0172. The van der Waals surface area contributed by atoms with Crippen LogP contribution < -0.4 is 0 Å². The summed E-state index contributed by atoms with van der Waals surface area (Å²) in [6, 6.07) is 75.7. The highest BCUT2D eigenvalue weighted by atomic mass is 16.3. The molecule has 0 N–H and O–H groups in total. The quantitative estimate of drug-likeness (QED) is 0.174. The van der Waals surface area contributed by atoms with Crippen LogP contribution in [-0.4, -0.2) is 15.0 Å². The van der Waals surface area contributed by atoms with Gasteiger partial charge in [-0.05, 0) is 85.0 Å². The van der Waals surface area contributed by atoms with Crippen LogP contribution in [0.3, 0.4) is 0 Å². The molecule has 2 aliphatic rings. The van der Waals surface area contributed by atoms with Gasteiger partial charge in [0, 0.05) is 27.5 Å². The first kappa shape index (κ1) is 34.6. The van der Waals surface area contributed by atoms with E-state index in [1.807, 2.05) is 42.5 Å². The lowest BCUT2D eigenvalue weighted by Crippen LogP contribution is -2.25. The topological polar surface area (TPSA) is 51.8 Å². The normalized spacial score (nSPS) is 13.0. The lowest BCUT2D eigenvalue weighted by molar-refractivity contribution is 0.669. The Labute approximate surface area is 358 Å². The van der Waals surface area contributed by atoms with Gasteiger partial charge in [-0.3, -0.25) is 0 Å². The van der Waals surface area contributed by atoms with Gasteiger partial charge in [0.15, 0.2) is 17.5 Å². The first-order valence-electron chi connectivity index (χ1n) is 21.1. The lowest BCUT2D eigenvalue weighted by Gasteiger charge is -2.30. The maximum Gasteiger partial charge on any atom is 0.164 e. The summed E-state index contributed by atoms with van der Waals surface area (Å²) in [6.45, 7) is 0. The van der Waals surface area contributed by atoms with Crippen LogP contribution in [0.1, 0.15) is 22.3 Å². The second-order valence-corrected chi connectivity index (χ2v) is 16.3. The SMILES string of the molecule is c1ccc(-c2nc(-c3ccc(-c4ccc5oc6ccccc6c5c4)cc3)nc(-c3ccc(-c4cccc5c4-c4ccccc4C54c5ccccc5-c5ccccc54)cc3)n2)cc1. The predicted molar refractivity (Wildman–Crippen MR) is 251 cm³/mol. The summed E-state index contributed by atoms with van der Waals surface area (Å²) in [6.07, 6.45) is 0. The van der Waals surface area contributed by atoms with Crippen molar-refractivity contribution >= 4 is 21.9 Å². The van der Waals surface area contributed by atoms with E-state index in [1.54, 1.807) is 0 Å². The monoisotopic (exact) mass is 789 g/mol. The second-order valence-electron chi connectivity index (χ2n) is 16.3. The molecular weight excluding hydrogens is 755 g/mol. The van der Waals surface area contributed by atoms with Crippen molar-refractivity contribution in [2.75, 3.05) is 0 Å². The van der Waals surface area contributed by atoms with Gasteiger partial charge in [0.1, 0.15) is 11.2 Å². The number of aromatic nitrogens is 3. The molecule has 4 heteroatoms. The van der Waals surface area contributed by atoms with Crippen LogP contribution in [0, 0.1) is 0 Å². The molecule has 13 rings (SSSR count). The minimum atomic E-state index is -0.384. The van der Waals surface area contributed by atoms with Crippen molar-refractivity contribution in [1.29, 1.82) is 0 Å². The number of nitrogens with zero attached hydrogens (tertiary/aromatic N) is 3. The Morgan fingerprint density at radius 3 is 1.40 bits per heavy atom. The Morgan fingerprint density at radius 2 is 0.742 bits per heavy atom. The molecule has 0 fully saturated rings. The highest BCUT2D eigenvalue weighted by molar-refractivity contribution is 6.06. The standard InChI is InChI=1S/C58H35N3O/c1-2-13-38(14-3-1)55-59-56(39-29-25-36(26-30-39)41-33-34-53-47(35-41)45-17-7-11-24-52(45)62-53)61-57(60-55)40-31-27-37(28-32-40)42-19-12-23-51-54(42)46-18-6-10-22-50(46)58(51)48-20-8-4-15-43(48)44-16-5-9-21-49(44)58/h1-35H. The van der Waals surface area contributed by atoms with Gasteiger partial charge < -0.3 is 4.42 Å². The molecule has 2 aliphatic carbocycles. The number of para-hydroxylation sites is 1. The third kappa shape index (κ3) is 5.04. The fourth-order valence-corrected chi connectivity index (χ4v) is 10.3. The van der Waals surface area contributed by atoms with Gasteiger partial charge in [-0.15, -0.1) is 0 Å². The van der Waals surface area contributed by atoms with Crippen LogP contribution in [0.5, 0.6) is 0 Å². The van der Waals surface area contributed by atoms with Gasteiger partial charge in [-0.2, -0.15) is 0 Å². The van der Waals surface area contributed by atoms with Crippen molar-refractivity contribution in [2.45, 2.75) is 5.41 Å². The van der Waals surface area contributed by atoms with E-state index in [4.69, 9.17) is 19.4 Å². The summed E-state index contributed by atoms with van der Waals surface area (Å²) >= 11 is 0. The zero-order valence-corrected chi connectivity index (χ0v) is 33.5. The van der Waals surface area contributed by atoms with E-state index < -0.39 is 0 Å². The van der Waals surface area contributed by atoms with Gasteiger partial charge in [0.2, 0.25) is 0 Å². The first-order chi connectivity index (χ1) is 30.7. The molecule has 0 bridgehead atoms. The third-order valence-corrected chi connectivity index (χ3v) is 13.0. The van der Waals surface area contributed by atoms with Crippen molar-refractivity contribution in [3.63, 3.8) is 0 Å². The number of hydrogen-bond acceptors (Lipinski definition) is 4. The van der Waals surface area contributed by atoms with Crippen LogP contribution in [0.4, 0.5) is 0 Å². The summed E-state index contributed by atoms with van der Waals surface area (Å²) in [7, 11) is 0. The number of benzene rings is 9. The largest absolute Gasteiger partial charge is 0.456 e. The van der Waals surface area contributed by atoms with Crippen molar-refractivity contribution < 1.29 is 4.42 Å². The average molecular weight is 790 g/mol. The van der Waals surface area contributed by atoms with Crippen molar-refractivity contribution in [2.24, 2.45) is 0 Å². The minimum absolute atomic E-state index is 0.384. The van der Waals surface area contributed by atoms with E-state index in [-0.39, 0.29) is 5.41 Å². The van der Waals surface area contributed by atoms with Gasteiger partial charge in [-0.1, -0.05) is 194 Å². The van der Waals surface area contributed by atoms with Crippen LogP contribution in [0.15, 0.2) is 217 Å². The molecule has 0 saturated carbocycles. The molecule has 2 aromatic heterocycles. The molecule has 0 aliphatic heterocycles. The number of rotatable bonds is 5. The summed E-state index contributed by atoms with van der Waals surface area (Å²) in [4.78, 5) is 15.2. The summed E-state index contributed by atoms with van der Waals surface area (Å²) in [5.41, 5.74) is 19.3. The number of fused-ring (bicyclic) bond motifs is 13. The smallest absolute Gasteiger partial charge is 0.164 e. The predicted octanol–water partition coefficient (Wildman–Crippen LogP) is 14.4. The third-order valence-electron chi connectivity index (χ3n) is 13.0. The van der Waals surface area contributed by atoms with Crippen molar-refractivity contribution in [3.8, 4) is 78.7 Å². The summed E-state index contributed by atoms with van der Waals surface area (Å²) in [5.74, 6) is 1.89. The van der Waals surface area contributed by atoms with Gasteiger partial charge in [0.25, 0.3) is 0 Å². The molecule has 62 heavy (non-hydrogen) atoms. The molecule has 0 radical (unpaired) electrons. The van der Waals surface area contributed by atoms with E-state index in [1.165, 1.54) is 50.1 Å². The molecule has 288 valence electrons. The highest BCUT2D eigenvalue weighted by Crippen LogP contribution is 2.63. The molecule has 9 aromatic carbocycles. The molecule has 0 amide bonds. The van der Waals surface area contributed by atoms with Crippen molar-refractivity contribution in [3.05, 3.63) is 235 Å². The Balaban J connectivity index is 0.897. The van der Waals surface area contributed by atoms with E-state index in [2.05, 4.69) is 170 Å². The van der Waals surface area contributed by atoms with Crippen molar-refractivity contribution in [1.82, 2.24) is 15.0 Å². The van der Waals surface area contributed by atoms with Crippen LogP contribution in [0.2, 0.25) is 0 Å². The van der Waals surface area contributed by atoms with E-state index in [0.29, 0.717) is 17.5 Å². The number of hydrogen-bond donors (Lipinski definition) is 0.